The van der Waals surface area contributed by atoms with Gasteiger partial charge in [-0.15, -0.1) is 0 Å². The Balaban J connectivity index is 1.22. The number of aromatic nitrogens is 2. The van der Waals surface area contributed by atoms with Crippen molar-refractivity contribution in [2.24, 2.45) is 0 Å². The van der Waals surface area contributed by atoms with Gasteiger partial charge in [0.15, 0.2) is 5.82 Å². The first-order chi connectivity index (χ1) is 15.2. The summed E-state index contributed by atoms with van der Waals surface area (Å²) in [4.78, 5) is 19.3. The molecule has 0 atom stereocenters. The molecule has 3 aromatic carbocycles. The van der Waals surface area contributed by atoms with Crippen LogP contribution in [0.5, 0.6) is 10.9 Å². The molecule has 0 spiro atoms. The third-order valence-corrected chi connectivity index (χ3v) is 6.01. The fraction of sp³-hybridized carbons (Fsp3) is 0.160. The molecule has 0 N–H and O–H groups in total. The van der Waals surface area contributed by atoms with Crippen molar-refractivity contribution < 1.29 is 9.53 Å². The van der Waals surface area contributed by atoms with Crippen molar-refractivity contribution in [1.82, 2.24) is 14.3 Å². The molecular weight excluding hydrogens is 406 g/mol. The van der Waals surface area contributed by atoms with Gasteiger partial charge in [0.2, 0.25) is 0 Å². The first-order valence-corrected chi connectivity index (χ1v) is 11.0. The highest BCUT2D eigenvalue weighted by Crippen LogP contribution is 2.25. The third kappa shape index (κ3) is 4.49. The number of rotatable bonds is 5. The van der Waals surface area contributed by atoms with Crippen molar-refractivity contribution in [1.29, 1.82) is 0 Å². The molecule has 1 aliphatic heterocycles. The SMILES string of the molecule is O=C(c1ccc(Oc2nc(Cc3ccccc3)ns2)cc1)N1CCc2ccccc2C1. The van der Waals surface area contributed by atoms with Crippen molar-refractivity contribution >= 4 is 17.4 Å². The Morgan fingerprint density at radius 2 is 1.68 bits per heavy atom. The molecule has 0 radical (unpaired) electrons. The van der Waals surface area contributed by atoms with Crippen LogP contribution in [0.15, 0.2) is 78.9 Å². The van der Waals surface area contributed by atoms with Crippen LogP contribution in [0.3, 0.4) is 0 Å². The van der Waals surface area contributed by atoms with Gasteiger partial charge in [0.1, 0.15) is 5.75 Å². The lowest BCUT2D eigenvalue weighted by Gasteiger charge is -2.29. The summed E-state index contributed by atoms with van der Waals surface area (Å²) in [5.74, 6) is 1.42. The summed E-state index contributed by atoms with van der Waals surface area (Å²) in [6, 6.07) is 25.7. The van der Waals surface area contributed by atoms with Gasteiger partial charge in [0.05, 0.1) is 0 Å². The van der Waals surface area contributed by atoms with Gasteiger partial charge >= 0.3 is 0 Å². The smallest absolute Gasteiger partial charge is 0.298 e. The van der Waals surface area contributed by atoms with Crippen LogP contribution in [-0.4, -0.2) is 26.7 Å². The van der Waals surface area contributed by atoms with E-state index in [9.17, 15) is 4.79 Å². The molecule has 0 bridgehead atoms. The topological polar surface area (TPSA) is 55.3 Å². The van der Waals surface area contributed by atoms with E-state index in [1.165, 1.54) is 22.7 Å². The first kappa shape index (κ1) is 19.5. The molecule has 1 amide bonds. The molecule has 1 aliphatic rings. The molecule has 2 heterocycles. The summed E-state index contributed by atoms with van der Waals surface area (Å²) in [5, 5.41) is 0.498. The molecule has 1 aromatic heterocycles. The van der Waals surface area contributed by atoms with Crippen molar-refractivity contribution in [3.05, 3.63) is 107 Å². The van der Waals surface area contributed by atoms with E-state index in [4.69, 9.17) is 4.74 Å². The van der Waals surface area contributed by atoms with E-state index in [-0.39, 0.29) is 5.91 Å². The Morgan fingerprint density at radius 1 is 0.935 bits per heavy atom. The minimum atomic E-state index is 0.0436. The van der Waals surface area contributed by atoms with E-state index in [1.807, 2.05) is 53.4 Å². The second-order valence-corrected chi connectivity index (χ2v) is 8.23. The number of hydrogen-bond acceptors (Lipinski definition) is 5. The van der Waals surface area contributed by atoms with Crippen molar-refractivity contribution in [2.45, 2.75) is 19.4 Å². The summed E-state index contributed by atoms with van der Waals surface area (Å²) in [6.45, 7) is 1.39. The molecule has 31 heavy (non-hydrogen) atoms. The Labute approximate surface area is 185 Å². The predicted molar refractivity (Wildman–Crippen MR) is 121 cm³/mol. The molecule has 0 aliphatic carbocycles. The summed E-state index contributed by atoms with van der Waals surface area (Å²) in [7, 11) is 0. The minimum Gasteiger partial charge on any atom is -0.430 e. The fourth-order valence-corrected chi connectivity index (χ4v) is 4.32. The lowest BCUT2D eigenvalue weighted by molar-refractivity contribution is 0.0734. The van der Waals surface area contributed by atoms with Gasteiger partial charge < -0.3 is 9.64 Å². The summed E-state index contributed by atoms with van der Waals surface area (Å²) in [5.41, 5.74) is 4.38. The monoisotopic (exact) mass is 427 g/mol. The highest BCUT2D eigenvalue weighted by Gasteiger charge is 2.21. The lowest BCUT2D eigenvalue weighted by Crippen LogP contribution is -2.35. The van der Waals surface area contributed by atoms with E-state index in [0.717, 1.165) is 24.4 Å². The van der Waals surface area contributed by atoms with Crippen LogP contribution in [0.25, 0.3) is 0 Å². The van der Waals surface area contributed by atoms with Crippen LogP contribution in [0.2, 0.25) is 0 Å². The maximum absolute atomic E-state index is 12.9. The maximum Gasteiger partial charge on any atom is 0.298 e. The number of fused-ring (bicyclic) bond motifs is 1. The fourth-order valence-electron chi connectivity index (χ4n) is 3.75. The number of hydrogen-bond donors (Lipinski definition) is 0. The van der Waals surface area contributed by atoms with E-state index in [0.29, 0.717) is 29.5 Å². The van der Waals surface area contributed by atoms with Crippen LogP contribution in [0.1, 0.15) is 32.9 Å². The van der Waals surface area contributed by atoms with Crippen LogP contribution in [0, 0.1) is 0 Å². The van der Waals surface area contributed by atoms with Crippen LogP contribution >= 0.6 is 11.5 Å². The lowest BCUT2D eigenvalue weighted by atomic mass is 9.99. The van der Waals surface area contributed by atoms with Gasteiger partial charge in [0, 0.05) is 36.6 Å². The van der Waals surface area contributed by atoms with Gasteiger partial charge in [0.25, 0.3) is 11.1 Å². The highest BCUT2D eigenvalue weighted by molar-refractivity contribution is 7.07. The molecule has 4 aromatic rings. The second kappa shape index (κ2) is 8.70. The Hall–Kier alpha value is -3.51. The molecule has 0 saturated heterocycles. The first-order valence-electron chi connectivity index (χ1n) is 10.2. The Kier molecular flexibility index (Phi) is 5.46. The molecular formula is C25H21N3O2S. The van der Waals surface area contributed by atoms with Gasteiger partial charge in [-0.1, -0.05) is 54.6 Å². The molecule has 0 unspecified atom stereocenters. The Morgan fingerprint density at radius 3 is 2.48 bits per heavy atom. The number of benzene rings is 3. The van der Waals surface area contributed by atoms with Crippen LogP contribution in [0.4, 0.5) is 0 Å². The van der Waals surface area contributed by atoms with E-state index in [2.05, 4.69) is 39.7 Å². The predicted octanol–water partition coefficient (Wildman–Crippen LogP) is 5.12. The molecule has 154 valence electrons. The van der Waals surface area contributed by atoms with Crippen LogP contribution < -0.4 is 4.74 Å². The van der Waals surface area contributed by atoms with E-state index < -0.39 is 0 Å². The van der Waals surface area contributed by atoms with Crippen molar-refractivity contribution in [2.75, 3.05) is 6.54 Å². The van der Waals surface area contributed by atoms with Gasteiger partial charge in [-0.2, -0.15) is 9.36 Å². The zero-order valence-corrected chi connectivity index (χ0v) is 17.7. The summed E-state index contributed by atoms with van der Waals surface area (Å²) in [6.07, 6.45) is 1.57. The zero-order valence-electron chi connectivity index (χ0n) is 16.9. The zero-order chi connectivity index (χ0) is 21.0. The Bertz CT molecular complexity index is 1190. The quantitative estimate of drug-likeness (QED) is 0.444. The largest absolute Gasteiger partial charge is 0.430 e. The minimum absolute atomic E-state index is 0.0436. The summed E-state index contributed by atoms with van der Waals surface area (Å²) < 4.78 is 10.2. The highest BCUT2D eigenvalue weighted by atomic mass is 32.1. The molecule has 0 fully saturated rings. The van der Waals surface area contributed by atoms with Gasteiger partial charge in [-0.3, -0.25) is 4.79 Å². The van der Waals surface area contributed by atoms with E-state index >= 15 is 0 Å². The number of carbonyl (C=O) groups excluding carboxylic acids is 1. The molecule has 5 nitrogen and oxygen atoms in total. The second-order valence-electron chi connectivity index (χ2n) is 7.51. The summed E-state index contributed by atoms with van der Waals surface area (Å²) >= 11 is 1.23. The standard InChI is InChI=1S/C25H21N3O2S/c29-24(28-15-14-19-8-4-5-9-21(19)17-28)20-10-12-22(13-11-20)30-25-26-23(27-31-25)16-18-6-2-1-3-7-18/h1-13H,14-17H2. The normalized spacial score (nSPS) is 13.0. The average molecular weight is 428 g/mol. The average Bonchev–Trinajstić information content (AvgIpc) is 3.26. The van der Waals surface area contributed by atoms with Crippen molar-refractivity contribution in [3.63, 3.8) is 0 Å². The molecule has 5 rings (SSSR count). The number of amides is 1. The number of ether oxygens (including phenoxy) is 1. The third-order valence-electron chi connectivity index (χ3n) is 5.38. The number of nitrogens with zero attached hydrogens (tertiary/aromatic N) is 3. The molecule has 0 saturated carbocycles. The van der Waals surface area contributed by atoms with E-state index in [1.54, 1.807) is 0 Å². The van der Waals surface area contributed by atoms with Gasteiger partial charge in [-0.05, 0) is 47.4 Å². The van der Waals surface area contributed by atoms with Gasteiger partial charge in [-0.25, -0.2) is 0 Å². The maximum atomic E-state index is 12.9. The van der Waals surface area contributed by atoms with Crippen molar-refractivity contribution in [3.8, 4) is 10.9 Å². The van der Waals surface area contributed by atoms with Crippen LogP contribution in [-0.2, 0) is 19.4 Å². The molecule has 6 heteroatoms. The number of carbonyl (C=O) groups is 1.